The second kappa shape index (κ2) is 7.03. The van der Waals surface area contributed by atoms with E-state index in [2.05, 4.69) is 10.6 Å². The van der Waals surface area contributed by atoms with Crippen molar-refractivity contribution >= 4 is 11.6 Å². The number of amides is 1. The van der Waals surface area contributed by atoms with Crippen LogP contribution in [0.25, 0.3) is 0 Å². The molecule has 1 heterocycles. The van der Waals surface area contributed by atoms with Gasteiger partial charge in [0.15, 0.2) is 5.75 Å². The van der Waals surface area contributed by atoms with Gasteiger partial charge in [-0.25, -0.2) is 0 Å². The first-order valence-electron chi connectivity index (χ1n) is 6.96. The lowest BCUT2D eigenvalue weighted by Crippen LogP contribution is -2.30. The number of benzene rings is 1. The summed E-state index contributed by atoms with van der Waals surface area (Å²) in [5.74, 6) is -0.161. The maximum atomic E-state index is 12.0. The molecule has 0 aliphatic carbocycles. The lowest BCUT2D eigenvalue weighted by atomic mass is 10.1. The van der Waals surface area contributed by atoms with Crippen molar-refractivity contribution in [3.05, 3.63) is 33.9 Å². The van der Waals surface area contributed by atoms with E-state index in [4.69, 9.17) is 4.74 Å². The van der Waals surface area contributed by atoms with Crippen molar-refractivity contribution < 1.29 is 14.5 Å². The minimum absolute atomic E-state index is 0.0881. The van der Waals surface area contributed by atoms with E-state index < -0.39 is 4.92 Å². The van der Waals surface area contributed by atoms with Gasteiger partial charge in [-0.05, 0) is 31.9 Å². The topological polar surface area (TPSA) is 93.5 Å². The van der Waals surface area contributed by atoms with Crippen molar-refractivity contribution in [3.63, 3.8) is 0 Å². The fraction of sp³-hybridized carbons (Fsp3) is 0.500. The maximum absolute atomic E-state index is 12.0. The minimum Gasteiger partial charge on any atom is -0.490 e. The molecule has 1 aliphatic rings. The molecule has 1 fully saturated rings. The summed E-state index contributed by atoms with van der Waals surface area (Å²) in [7, 11) is 1.34. The smallest absolute Gasteiger partial charge is 0.310 e. The number of hydrogen-bond acceptors (Lipinski definition) is 5. The van der Waals surface area contributed by atoms with Crippen molar-refractivity contribution in [2.45, 2.75) is 25.3 Å². The average Bonchev–Trinajstić information content (AvgIpc) is 2.99. The fourth-order valence-corrected chi connectivity index (χ4v) is 2.43. The zero-order chi connectivity index (χ0) is 15.2. The number of ether oxygens (including phenoxy) is 1. The van der Waals surface area contributed by atoms with Gasteiger partial charge in [0.2, 0.25) is 0 Å². The summed E-state index contributed by atoms with van der Waals surface area (Å²) in [5, 5.41) is 17.0. The normalized spacial score (nSPS) is 17.5. The molecule has 2 N–H and O–H groups in total. The van der Waals surface area contributed by atoms with E-state index in [1.165, 1.54) is 31.7 Å². The van der Waals surface area contributed by atoms with Gasteiger partial charge >= 0.3 is 5.69 Å². The molecule has 0 radical (unpaired) electrons. The highest BCUT2D eigenvalue weighted by Crippen LogP contribution is 2.27. The molecule has 0 bridgehead atoms. The van der Waals surface area contributed by atoms with E-state index >= 15 is 0 Å². The molecule has 2 rings (SSSR count). The van der Waals surface area contributed by atoms with Crippen LogP contribution in [0, 0.1) is 10.1 Å². The third kappa shape index (κ3) is 3.91. The molecule has 1 atom stereocenters. The highest BCUT2D eigenvalue weighted by atomic mass is 16.6. The van der Waals surface area contributed by atoms with Gasteiger partial charge < -0.3 is 15.4 Å². The van der Waals surface area contributed by atoms with Crippen molar-refractivity contribution in [1.29, 1.82) is 0 Å². The zero-order valence-corrected chi connectivity index (χ0v) is 11.9. The van der Waals surface area contributed by atoms with Crippen LogP contribution in [0.5, 0.6) is 5.75 Å². The predicted molar refractivity (Wildman–Crippen MR) is 77.6 cm³/mol. The Morgan fingerprint density at radius 1 is 1.57 bits per heavy atom. The van der Waals surface area contributed by atoms with Gasteiger partial charge in [0.25, 0.3) is 5.91 Å². The summed E-state index contributed by atoms with van der Waals surface area (Å²) in [4.78, 5) is 22.3. The number of hydrogen-bond donors (Lipinski definition) is 2. The molecular formula is C14H19N3O4. The number of nitrogens with zero attached hydrogens (tertiary/aromatic N) is 1. The molecule has 0 spiro atoms. The van der Waals surface area contributed by atoms with E-state index in [9.17, 15) is 14.9 Å². The number of carbonyl (C=O) groups excluding carboxylic acids is 1. The Bertz CT molecular complexity index is 527. The Hall–Kier alpha value is -2.15. The van der Waals surface area contributed by atoms with E-state index in [1.54, 1.807) is 0 Å². The molecule has 0 unspecified atom stereocenters. The molecule has 7 nitrogen and oxygen atoms in total. The van der Waals surface area contributed by atoms with Gasteiger partial charge in [-0.2, -0.15) is 0 Å². The van der Waals surface area contributed by atoms with Crippen molar-refractivity contribution in [2.24, 2.45) is 0 Å². The zero-order valence-electron chi connectivity index (χ0n) is 11.9. The SMILES string of the molecule is COc1cc(C(=O)NCC[C@H]2CCCN2)ccc1[N+](=O)[O-]. The van der Waals surface area contributed by atoms with Gasteiger partial charge in [-0.3, -0.25) is 14.9 Å². The summed E-state index contributed by atoms with van der Waals surface area (Å²) in [6, 6.07) is 4.58. The molecular weight excluding hydrogens is 274 g/mol. The Kier molecular flexibility index (Phi) is 5.10. The molecule has 0 aromatic heterocycles. The molecule has 1 aromatic carbocycles. The molecule has 0 saturated carbocycles. The maximum Gasteiger partial charge on any atom is 0.310 e. The van der Waals surface area contributed by atoms with Crippen LogP contribution in [0.4, 0.5) is 5.69 Å². The molecule has 1 aliphatic heterocycles. The van der Waals surface area contributed by atoms with E-state index in [-0.39, 0.29) is 17.3 Å². The Morgan fingerprint density at radius 2 is 2.38 bits per heavy atom. The summed E-state index contributed by atoms with van der Waals surface area (Å²) >= 11 is 0. The van der Waals surface area contributed by atoms with Gasteiger partial charge in [0, 0.05) is 30.3 Å². The van der Waals surface area contributed by atoms with Crippen LogP contribution in [0.15, 0.2) is 18.2 Å². The Balaban J connectivity index is 1.93. The van der Waals surface area contributed by atoms with Crippen LogP contribution in [-0.2, 0) is 0 Å². The van der Waals surface area contributed by atoms with Crippen molar-refractivity contribution in [2.75, 3.05) is 20.2 Å². The Morgan fingerprint density at radius 3 is 3.00 bits per heavy atom. The van der Waals surface area contributed by atoms with Crippen LogP contribution in [0.3, 0.4) is 0 Å². The number of nitrogens with one attached hydrogen (secondary N) is 2. The first-order chi connectivity index (χ1) is 10.1. The fourth-order valence-electron chi connectivity index (χ4n) is 2.43. The van der Waals surface area contributed by atoms with Gasteiger partial charge in [0.1, 0.15) is 0 Å². The van der Waals surface area contributed by atoms with Crippen LogP contribution in [-0.4, -0.2) is 37.1 Å². The monoisotopic (exact) mass is 293 g/mol. The number of carbonyl (C=O) groups is 1. The molecule has 114 valence electrons. The van der Waals surface area contributed by atoms with E-state index in [1.807, 2.05) is 0 Å². The number of methoxy groups -OCH3 is 1. The van der Waals surface area contributed by atoms with Crippen molar-refractivity contribution in [1.82, 2.24) is 10.6 Å². The van der Waals surface area contributed by atoms with Gasteiger partial charge in [-0.1, -0.05) is 0 Å². The molecule has 7 heteroatoms. The summed E-state index contributed by atoms with van der Waals surface area (Å²) in [5.41, 5.74) is 0.209. The van der Waals surface area contributed by atoms with E-state index in [0.717, 1.165) is 19.4 Å². The van der Waals surface area contributed by atoms with Crippen molar-refractivity contribution in [3.8, 4) is 5.75 Å². The summed E-state index contributed by atoms with van der Waals surface area (Å²) in [6.07, 6.45) is 3.20. The molecule has 1 aromatic rings. The van der Waals surface area contributed by atoms with Gasteiger partial charge in [-0.15, -0.1) is 0 Å². The lowest BCUT2D eigenvalue weighted by molar-refractivity contribution is -0.385. The summed E-state index contributed by atoms with van der Waals surface area (Å²) in [6.45, 7) is 1.62. The summed E-state index contributed by atoms with van der Waals surface area (Å²) < 4.78 is 4.95. The van der Waals surface area contributed by atoms with Crippen LogP contribution in [0.2, 0.25) is 0 Å². The number of nitro benzene ring substituents is 1. The predicted octanol–water partition coefficient (Wildman–Crippen LogP) is 1.48. The molecule has 21 heavy (non-hydrogen) atoms. The molecule has 1 amide bonds. The largest absolute Gasteiger partial charge is 0.490 e. The highest BCUT2D eigenvalue weighted by molar-refractivity contribution is 5.95. The second-order valence-corrected chi connectivity index (χ2v) is 4.98. The standard InChI is InChI=1S/C14H19N3O4/c1-21-13-9-10(4-5-12(13)17(19)20)14(18)16-8-6-11-3-2-7-15-11/h4-5,9,11,15H,2-3,6-8H2,1H3,(H,16,18)/t11-/m1/s1. The second-order valence-electron chi connectivity index (χ2n) is 4.98. The minimum atomic E-state index is -0.535. The average molecular weight is 293 g/mol. The lowest BCUT2D eigenvalue weighted by Gasteiger charge is -2.11. The number of nitro groups is 1. The van der Waals surface area contributed by atoms with Gasteiger partial charge in [0.05, 0.1) is 12.0 Å². The Labute approximate surface area is 122 Å². The van der Waals surface area contributed by atoms with Crippen LogP contribution >= 0.6 is 0 Å². The highest BCUT2D eigenvalue weighted by Gasteiger charge is 2.18. The third-order valence-electron chi connectivity index (χ3n) is 3.58. The first kappa shape index (κ1) is 15.2. The van der Waals surface area contributed by atoms with Crippen LogP contribution < -0.4 is 15.4 Å². The number of rotatable bonds is 6. The first-order valence-corrected chi connectivity index (χ1v) is 6.96. The third-order valence-corrected chi connectivity index (χ3v) is 3.58. The van der Waals surface area contributed by atoms with Crippen LogP contribution in [0.1, 0.15) is 29.6 Å². The molecule has 1 saturated heterocycles. The van der Waals surface area contributed by atoms with E-state index in [0.29, 0.717) is 18.2 Å². The quantitative estimate of drug-likeness (QED) is 0.612.